The molecule has 0 unspecified atom stereocenters. The summed E-state index contributed by atoms with van der Waals surface area (Å²) in [5.74, 6) is 0. The molecule has 17 heavy (non-hydrogen) atoms. The monoisotopic (exact) mass is 239 g/mol. The summed E-state index contributed by atoms with van der Waals surface area (Å²) in [6, 6.07) is 0.482. The number of amides is 2. The molecule has 2 amide bonds. The van der Waals surface area contributed by atoms with E-state index in [1.165, 1.54) is 19.5 Å². The molecular weight excluding hydrogens is 214 g/mol. The summed E-state index contributed by atoms with van der Waals surface area (Å²) < 4.78 is 0. The van der Waals surface area contributed by atoms with Crippen LogP contribution in [0.3, 0.4) is 0 Å². The molecular formula is C13H25N3O. The molecule has 4 heteroatoms. The van der Waals surface area contributed by atoms with E-state index in [2.05, 4.69) is 25.7 Å². The third-order valence-corrected chi connectivity index (χ3v) is 4.36. The molecule has 0 radical (unpaired) electrons. The number of carbonyl (C=O) groups is 1. The molecule has 2 fully saturated rings. The molecule has 2 saturated heterocycles. The van der Waals surface area contributed by atoms with Gasteiger partial charge in [-0.2, -0.15) is 0 Å². The molecule has 0 aromatic carbocycles. The second-order valence-electron chi connectivity index (χ2n) is 5.96. The van der Waals surface area contributed by atoms with Crippen LogP contribution in [0.1, 0.15) is 27.2 Å². The van der Waals surface area contributed by atoms with Crippen LogP contribution in [0.2, 0.25) is 0 Å². The number of nitrogens with zero attached hydrogens (tertiary/aromatic N) is 3. The SMILES string of the molecule is CCN1CCC2(C1)CN(C(=O)N(C)C(C)C)C2. The molecule has 2 aliphatic heterocycles. The number of hydrogen-bond donors (Lipinski definition) is 0. The normalized spacial score (nSPS) is 23.2. The average Bonchev–Trinajstić information content (AvgIpc) is 2.69. The van der Waals surface area contributed by atoms with Crippen LogP contribution in [-0.2, 0) is 0 Å². The first-order valence-corrected chi connectivity index (χ1v) is 6.71. The van der Waals surface area contributed by atoms with Crippen LogP contribution in [0, 0.1) is 5.41 Å². The molecule has 2 aliphatic rings. The Morgan fingerprint density at radius 3 is 2.47 bits per heavy atom. The Labute approximate surface area is 105 Å². The van der Waals surface area contributed by atoms with E-state index in [9.17, 15) is 4.79 Å². The minimum Gasteiger partial charge on any atom is -0.325 e. The Morgan fingerprint density at radius 1 is 1.35 bits per heavy atom. The number of likely N-dealkylation sites (tertiary alicyclic amines) is 2. The fourth-order valence-corrected chi connectivity index (χ4v) is 2.90. The van der Waals surface area contributed by atoms with Crippen LogP contribution < -0.4 is 0 Å². The number of rotatable bonds is 2. The van der Waals surface area contributed by atoms with E-state index in [0.29, 0.717) is 5.41 Å². The van der Waals surface area contributed by atoms with Gasteiger partial charge in [0.05, 0.1) is 0 Å². The topological polar surface area (TPSA) is 26.8 Å². The summed E-state index contributed by atoms with van der Waals surface area (Å²) in [4.78, 5) is 18.4. The highest BCUT2D eigenvalue weighted by Gasteiger charge is 2.49. The maximum atomic E-state index is 12.1. The van der Waals surface area contributed by atoms with Crippen molar-refractivity contribution in [2.45, 2.75) is 33.2 Å². The lowest BCUT2D eigenvalue weighted by Gasteiger charge is -2.49. The van der Waals surface area contributed by atoms with Crippen LogP contribution >= 0.6 is 0 Å². The lowest BCUT2D eigenvalue weighted by Crippen LogP contribution is -2.62. The van der Waals surface area contributed by atoms with Crippen molar-refractivity contribution >= 4 is 6.03 Å². The predicted octanol–water partition coefficient (Wildman–Crippen LogP) is 1.47. The van der Waals surface area contributed by atoms with Gasteiger partial charge >= 0.3 is 6.03 Å². The van der Waals surface area contributed by atoms with Crippen molar-refractivity contribution in [3.8, 4) is 0 Å². The fraction of sp³-hybridized carbons (Fsp3) is 0.923. The van der Waals surface area contributed by atoms with Crippen LogP contribution in [-0.4, -0.2) is 66.5 Å². The highest BCUT2D eigenvalue weighted by atomic mass is 16.2. The minimum atomic E-state index is 0.195. The summed E-state index contributed by atoms with van der Waals surface area (Å²) >= 11 is 0. The first-order valence-electron chi connectivity index (χ1n) is 6.71. The largest absolute Gasteiger partial charge is 0.325 e. The molecule has 0 N–H and O–H groups in total. The maximum absolute atomic E-state index is 12.1. The first kappa shape index (κ1) is 12.7. The summed E-state index contributed by atoms with van der Waals surface area (Å²) in [5.41, 5.74) is 0.420. The van der Waals surface area contributed by atoms with E-state index in [4.69, 9.17) is 0 Å². The smallest absolute Gasteiger partial charge is 0.320 e. The van der Waals surface area contributed by atoms with Gasteiger partial charge in [-0.25, -0.2) is 4.79 Å². The van der Waals surface area contributed by atoms with Crippen molar-refractivity contribution < 1.29 is 4.79 Å². The van der Waals surface area contributed by atoms with Gasteiger partial charge < -0.3 is 14.7 Å². The lowest BCUT2D eigenvalue weighted by molar-refractivity contribution is 0.0234. The van der Waals surface area contributed by atoms with Gasteiger partial charge in [0.15, 0.2) is 0 Å². The zero-order chi connectivity index (χ0) is 12.6. The van der Waals surface area contributed by atoms with Crippen molar-refractivity contribution in [2.75, 3.05) is 39.8 Å². The summed E-state index contributed by atoms with van der Waals surface area (Å²) in [5, 5.41) is 0. The van der Waals surface area contributed by atoms with Gasteiger partial charge in [0, 0.05) is 38.1 Å². The Balaban J connectivity index is 1.85. The Bertz CT molecular complexity index is 297. The van der Waals surface area contributed by atoms with Gasteiger partial charge in [-0.1, -0.05) is 6.92 Å². The Hall–Kier alpha value is -0.770. The van der Waals surface area contributed by atoms with Gasteiger partial charge in [-0.05, 0) is 33.4 Å². The Kier molecular flexibility index (Phi) is 3.34. The highest BCUT2D eigenvalue weighted by molar-refractivity contribution is 5.75. The van der Waals surface area contributed by atoms with E-state index in [0.717, 1.165) is 19.6 Å². The second-order valence-corrected chi connectivity index (χ2v) is 5.96. The molecule has 0 aromatic heterocycles. The lowest BCUT2D eigenvalue weighted by atomic mass is 9.79. The maximum Gasteiger partial charge on any atom is 0.320 e. The number of urea groups is 1. The summed E-state index contributed by atoms with van der Waals surface area (Å²) in [6.07, 6.45) is 1.26. The Morgan fingerprint density at radius 2 is 2.00 bits per heavy atom. The minimum absolute atomic E-state index is 0.195. The van der Waals surface area contributed by atoms with Gasteiger partial charge in [-0.3, -0.25) is 0 Å². The fourth-order valence-electron chi connectivity index (χ4n) is 2.90. The van der Waals surface area contributed by atoms with E-state index in [1.807, 2.05) is 16.8 Å². The van der Waals surface area contributed by atoms with Crippen LogP contribution in [0.25, 0.3) is 0 Å². The van der Waals surface area contributed by atoms with E-state index >= 15 is 0 Å². The van der Waals surface area contributed by atoms with Crippen molar-refractivity contribution in [3.05, 3.63) is 0 Å². The van der Waals surface area contributed by atoms with Gasteiger partial charge in [0.1, 0.15) is 0 Å². The zero-order valence-electron chi connectivity index (χ0n) is 11.6. The standard InChI is InChI=1S/C13H25N3O/c1-5-15-7-6-13(8-15)9-16(10-13)12(17)14(4)11(2)3/h11H,5-10H2,1-4H3. The molecule has 0 aromatic rings. The third kappa shape index (κ3) is 2.28. The third-order valence-electron chi connectivity index (χ3n) is 4.36. The van der Waals surface area contributed by atoms with E-state index in [1.54, 1.807) is 0 Å². The van der Waals surface area contributed by atoms with Gasteiger partial charge in [-0.15, -0.1) is 0 Å². The molecule has 0 aliphatic carbocycles. The average molecular weight is 239 g/mol. The van der Waals surface area contributed by atoms with E-state index < -0.39 is 0 Å². The molecule has 2 rings (SSSR count). The number of carbonyl (C=O) groups excluding carboxylic acids is 1. The van der Waals surface area contributed by atoms with Crippen LogP contribution in [0.4, 0.5) is 4.79 Å². The second kappa shape index (κ2) is 4.48. The van der Waals surface area contributed by atoms with Crippen LogP contribution in [0.5, 0.6) is 0 Å². The van der Waals surface area contributed by atoms with Crippen molar-refractivity contribution in [1.29, 1.82) is 0 Å². The summed E-state index contributed by atoms with van der Waals surface area (Å²) in [7, 11) is 1.89. The zero-order valence-corrected chi connectivity index (χ0v) is 11.6. The molecule has 0 atom stereocenters. The molecule has 4 nitrogen and oxygen atoms in total. The first-order chi connectivity index (χ1) is 7.97. The molecule has 0 bridgehead atoms. The molecule has 98 valence electrons. The quantitative estimate of drug-likeness (QED) is 0.729. The molecule has 2 heterocycles. The van der Waals surface area contributed by atoms with Crippen molar-refractivity contribution in [2.24, 2.45) is 5.41 Å². The molecule has 1 spiro atoms. The number of hydrogen-bond acceptors (Lipinski definition) is 2. The molecule has 0 saturated carbocycles. The van der Waals surface area contributed by atoms with Gasteiger partial charge in [0.25, 0.3) is 0 Å². The van der Waals surface area contributed by atoms with Crippen molar-refractivity contribution in [1.82, 2.24) is 14.7 Å². The van der Waals surface area contributed by atoms with Crippen LogP contribution in [0.15, 0.2) is 0 Å². The van der Waals surface area contributed by atoms with Gasteiger partial charge in [0.2, 0.25) is 0 Å². The predicted molar refractivity (Wildman–Crippen MR) is 69.0 cm³/mol. The summed E-state index contributed by atoms with van der Waals surface area (Å²) in [6.45, 7) is 11.8. The highest BCUT2D eigenvalue weighted by Crippen LogP contribution is 2.39. The van der Waals surface area contributed by atoms with E-state index in [-0.39, 0.29) is 12.1 Å². The van der Waals surface area contributed by atoms with Crippen molar-refractivity contribution in [3.63, 3.8) is 0 Å².